The molecule has 4 atom stereocenters. The van der Waals surface area contributed by atoms with Gasteiger partial charge >= 0.3 is 5.97 Å². The highest BCUT2D eigenvalue weighted by atomic mass is 32.2. The Labute approximate surface area is 188 Å². The molecule has 164 valence electrons. The molecule has 8 nitrogen and oxygen atoms in total. The molecule has 0 unspecified atom stereocenters. The molecular weight excluding hydrogens is 430 g/mol. The summed E-state index contributed by atoms with van der Waals surface area (Å²) in [6.07, 6.45) is 0. The number of esters is 1. The topological polar surface area (TPSA) is 114 Å². The lowest BCUT2D eigenvalue weighted by atomic mass is 9.71. The van der Waals surface area contributed by atoms with Gasteiger partial charge in [0.1, 0.15) is 10.8 Å². The molecule has 0 aliphatic carbocycles. The molecule has 9 heteroatoms. The molecule has 2 aromatic rings. The molecule has 5 rings (SSSR count). The lowest BCUT2D eigenvalue weighted by Gasteiger charge is -2.38. The molecule has 3 heterocycles. The number of imide groups is 1. The molecule has 0 aromatic heterocycles. The van der Waals surface area contributed by atoms with Gasteiger partial charge in [0, 0.05) is 17.2 Å². The third-order valence-corrected chi connectivity index (χ3v) is 7.76. The van der Waals surface area contributed by atoms with E-state index in [1.54, 1.807) is 31.2 Å². The van der Waals surface area contributed by atoms with Crippen LogP contribution in [0.25, 0.3) is 0 Å². The number of fused-ring (bicyclic) bond motifs is 3. The molecule has 32 heavy (non-hydrogen) atoms. The van der Waals surface area contributed by atoms with Crippen molar-refractivity contribution in [2.24, 2.45) is 0 Å². The number of nitrogens with one attached hydrogen (secondary N) is 3. The Morgan fingerprint density at radius 1 is 1.03 bits per heavy atom. The second-order valence-corrected chi connectivity index (χ2v) is 9.31. The fourth-order valence-corrected chi connectivity index (χ4v) is 6.54. The molecule has 2 aromatic carbocycles. The highest BCUT2D eigenvalue weighted by Crippen LogP contribution is 2.62. The van der Waals surface area contributed by atoms with Gasteiger partial charge in [-0.1, -0.05) is 48.0 Å². The first-order valence-corrected chi connectivity index (χ1v) is 11.1. The van der Waals surface area contributed by atoms with Gasteiger partial charge < -0.3 is 10.1 Å². The van der Waals surface area contributed by atoms with Crippen molar-refractivity contribution in [1.82, 2.24) is 10.6 Å². The van der Waals surface area contributed by atoms with Crippen LogP contribution in [0.5, 0.6) is 0 Å². The van der Waals surface area contributed by atoms with Crippen LogP contribution >= 0.6 is 11.8 Å². The van der Waals surface area contributed by atoms with E-state index in [0.29, 0.717) is 16.8 Å². The molecule has 2 spiro atoms. The van der Waals surface area contributed by atoms with E-state index in [4.69, 9.17) is 4.74 Å². The molecule has 3 amide bonds. The second kappa shape index (κ2) is 7.18. The number of amides is 3. The Morgan fingerprint density at radius 2 is 1.75 bits per heavy atom. The molecule has 3 aliphatic heterocycles. The monoisotopic (exact) mass is 451 g/mol. The fourth-order valence-electron chi connectivity index (χ4n) is 5.14. The molecule has 0 bridgehead atoms. The molecule has 2 fully saturated rings. The van der Waals surface area contributed by atoms with Gasteiger partial charge in [-0.15, -0.1) is 0 Å². The maximum atomic E-state index is 13.6. The Hall–Kier alpha value is -3.17. The molecule has 0 radical (unpaired) electrons. The summed E-state index contributed by atoms with van der Waals surface area (Å²) >= 11 is 0.763. The van der Waals surface area contributed by atoms with Crippen molar-refractivity contribution < 1.29 is 23.9 Å². The Kier molecular flexibility index (Phi) is 4.65. The number of thioether (sulfide) groups is 1. The van der Waals surface area contributed by atoms with E-state index in [-0.39, 0.29) is 6.61 Å². The van der Waals surface area contributed by atoms with Crippen LogP contribution in [0.15, 0.2) is 48.5 Å². The minimum Gasteiger partial charge on any atom is -0.465 e. The van der Waals surface area contributed by atoms with E-state index < -0.39 is 45.3 Å². The summed E-state index contributed by atoms with van der Waals surface area (Å²) in [5, 5.41) is 7.82. The molecule has 2 saturated heterocycles. The van der Waals surface area contributed by atoms with Crippen LogP contribution in [0.4, 0.5) is 10.5 Å². The third-order valence-electron chi connectivity index (χ3n) is 6.40. The van der Waals surface area contributed by atoms with Crippen LogP contribution in [-0.2, 0) is 24.7 Å². The Morgan fingerprint density at radius 3 is 2.41 bits per heavy atom. The number of anilines is 1. The lowest BCUT2D eigenvalue weighted by molar-refractivity contribution is -0.145. The number of carbonyl (C=O) groups is 4. The summed E-state index contributed by atoms with van der Waals surface area (Å²) in [6.45, 7) is 3.76. The second-order valence-electron chi connectivity index (χ2n) is 8.09. The van der Waals surface area contributed by atoms with E-state index in [1.165, 1.54) is 0 Å². The zero-order chi connectivity index (χ0) is 22.7. The smallest absolute Gasteiger partial charge is 0.323 e. The number of hydrogen-bond acceptors (Lipinski definition) is 7. The predicted molar refractivity (Wildman–Crippen MR) is 118 cm³/mol. The van der Waals surface area contributed by atoms with Crippen LogP contribution in [0, 0.1) is 6.92 Å². The maximum Gasteiger partial charge on any atom is 0.323 e. The third kappa shape index (κ3) is 2.55. The first-order chi connectivity index (χ1) is 15.3. The van der Waals surface area contributed by atoms with Gasteiger partial charge in [-0.05, 0) is 37.2 Å². The number of carbonyl (C=O) groups excluding carboxylic acids is 4. The van der Waals surface area contributed by atoms with Crippen molar-refractivity contribution in [3.8, 4) is 0 Å². The van der Waals surface area contributed by atoms with Gasteiger partial charge in [0.05, 0.1) is 6.61 Å². The van der Waals surface area contributed by atoms with Crippen molar-refractivity contribution in [2.45, 2.75) is 36.1 Å². The van der Waals surface area contributed by atoms with Crippen molar-refractivity contribution in [3.63, 3.8) is 0 Å². The standard InChI is InChI=1S/C23H21N3O5S/c1-3-31-18(27)17-16(13-10-8-12(2)9-11-13)23(20(29)25-21(30)32-23)22(26-17)14-6-4-5-7-15(14)24-19(22)28/h4-11,16-17,26H,3H2,1-2H3,(H,24,28)(H,25,29,30)/t16-,17+,22-,23+/m1/s1. The normalized spacial score (nSPS) is 30.5. The van der Waals surface area contributed by atoms with Gasteiger partial charge in [-0.25, -0.2) is 0 Å². The van der Waals surface area contributed by atoms with Gasteiger partial charge in [-0.2, -0.15) is 0 Å². The van der Waals surface area contributed by atoms with Crippen molar-refractivity contribution >= 4 is 40.5 Å². The minimum absolute atomic E-state index is 0.138. The van der Waals surface area contributed by atoms with Crippen LogP contribution in [0.1, 0.15) is 29.5 Å². The van der Waals surface area contributed by atoms with Crippen LogP contribution in [0.2, 0.25) is 0 Å². The van der Waals surface area contributed by atoms with E-state index in [1.807, 2.05) is 31.2 Å². The SMILES string of the molecule is CCOC(=O)[C@H]1N[C@]2(C(=O)Nc3ccccc32)[C@]2(SC(=O)NC2=O)[C@@H]1c1ccc(C)cc1. The summed E-state index contributed by atoms with van der Waals surface area (Å²) in [5.41, 5.74) is 1.07. The van der Waals surface area contributed by atoms with Crippen molar-refractivity contribution in [3.05, 3.63) is 65.2 Å². The van der Waals surface area contributed by atoms with E-state index in [2.05, 4.69) is 16.0 Å². The first-order valence-electron chi connectivity index (χ1n) is 10.3. The predicted octanol–water partition coefficient (Wildman–Crippen LogP) is 2.18. The van der Waals surface area contributed by atoms with Gasteiger partial charge in [0.2, 0.25) is 5.91 Å². The quantitative estimate of drug-likeness (QED) is 0.613. The molecule has 3 aliphatic rings. The number of aryl methyl sites for hydroxylation is 1. The van der Waals surface area contributed by atoms with Gasteiger partial charge in [0.15, 0.2) is 5.54 Å². The highest BCUT2D eigenvalue weighted by Gasteiger charge is 2.78. The number of hydrogen-bond donors (Lipinski definition) is 3. The largest absolute Gasteiger partial charge is 0.465 e. The van der Waals surface area contributed by atoms with Gasteiger partial charge in [-0.3, -0.25) is 29.8 Å². The van der Waals surface area contributed by atoms with Crippen LogP contribution < -0.4 is 16.0 Å². The minimum atomic E-state index is -1.64. The summed E-state index contributed by atoms with van der Waals surface area (Å²) in [5.74, 6) is -2.51. The summed E-state index contributed by atoms with van der Waals surface area (Å²) in [6, 6.07) is 13.4. The first kappa shape index (κ1) is 20.7. The zero-order valence-corrected chi connectivity index (χ0v) is 18.2. The van der Waals surface area contributed by atoms with E-state index in [9.17, 15) is 19.2 Å². The summed E-state index contributed by atoms with van der Waals surface area (Å²) in [4.78, 5) is 52.9. The van der Waals surface area contributed by atoms with Crippen LogP contribution in [0.3, 0.4) is 0 Å². The average molecular weight is 452 g/mol. The maximum absolute atomic E-state index is 13.6. The van der Waals surface area contributed by atoms with Gasteiger partial charge in [0.25, 0.3) is 11.1 Å². The molecule has 0 saturated carbocycles. The van der Waals surface area contributed by atoms with Crippen LogP contribution in [-0.4, -0.2) is 40.4 Å². The number of para-hydroxylation sites is 1. The number of ether oxygens (including phenoxy) is 1. The summed E-state index contributed by atoms with van der Waals surface area (Å²) in [7, 11) is 0. The number of benzene rings is 2. The Bertz CT molecular complexity index is 1170. The average Bonchev–Trinajstić information content (AvgIpc) is 3.34. The van der Waals surface area contributed by atoms with E-state index in [0.717, 1.165) is 17.3 Å². The lowest BCUT2D eigenvalue weighted by Crippen LogP contribution is -2.61. The molecular formula is C23H21N3O5S. The zero-order valence-electron chi connectivity index (χ0n) is 17.4. The summed E-state index contributed by atoms with van der Waals surface area (Å²) < 4.78 is 3.70. The molecule has 3 N–H and O–H groups in total. The Balaban J connectivity index is 1.82. The van der Waals surface area contributed by atoms with Crippen molar-refractivity contribution in [1.29, 1.82) is 0 Å². The highest BCUT2D eigenvalue weighted by molar-refractivity contribution is 8.16. The number of rotatable bonds is 3. The fraction of sp³-hybridized carbons (Fsp3) is 0.304. The van der Waals surface area contributed by atoms with E-state index >= 15 is 0 Å². The van der Waals surface area contributed by atoms with Crippen molar-refractivity contribution in [2.75, 3.05) is 11.9 Å².